The second-order valence-electron chi connectivity index (χ2n) is 9.67. The Balaban J connectivity index is 1.41. The van der Waals surface area contributed by atoms with E-state index in [2.05, 4.69) is 47.1 Å². The van der Waals surface area contributed by atoms with Crippen LogP contribution in [0.3, 0.4) is 0 Å². The maximum absolute atomic E-state index is 13.0. The van der Waals surface area contributed by atoms with E-state index < -0.39 is 6.10 Å². The third-order valence-electron chi connectivity index (χ3n) is 6.82. The summed E-state index contributed by atoms with van der Waals surface area (Å²) in [5.74, 6) is 1.07. The molecule has 2 unspecified atom stereocenters. The number of aromatic amines is 1. The summed E-state index contributed by atoms with van der Waals surface area (Å²) < 4.78 is 12.8. The van der Waals surface area contributed by atoms with E-state index in [0.717, 1.165) is 23.2 Å². The lowest BCUT2D eigenvalue weighted by Gasteiger charge is -2.35. The molecule has 1 aliphatic rings. The third-order valence-corrected chi connectivity index (χ3v) is 6.82. The number of carbonyl (C=O) groups is 1. The Hall–Kier alpha value is -3.85. The van der Waals surface area contributed by atoms with Gasteiger partial charge in [0.15, 0.2) is 0 Å². The molecule has 9 nitrogen and oxygen atoms in total. The van der Waals surface area contributed by atoms with E-state index in [4.69, 9.17) is 9.47 Å². The van der Waals surface area contributed by atoms with Crippen molar-refractivity contribution < 1.29 is 19.4 Å². The molecule has 2 N–H and O–H groups in total. The topological polar surface area (TPSA) is 106 Å². The van der Waals surface area contributed by atoms with Crippen LogP contribution in [0.2, 0.25) is 0 Å². The van der Waals surface area contributed by atoms with Crippen molar-refractivity contribution in [2.75, 3.05) is 19.8 Å². The second-order valence-corrected chi connectivity index (χ2v) is 9.67. The lowest BCUT2D eigenvalue weighted by molar-refractivity contribution is 0.0889. The second kappa shape index (κ2) is 10.6. The molecular formula is C28H33N5O4. The molecule has 0 saturated heterocycles. The highest BCUT2D eigenvalue weighted by Gasteiger charge is 2.35. The normalized spacial score (nSPS) is 16.1. The van der Waals surface area contributed by atoms with Crippen LogP contribution in [0.25, 0.3) is 10.9 Å². The summed E-state index contributed by atoms with van der Waals surface area (Å²) in [5.41, 5.74) is 5.60. The minimum absolute atomic E-state index is 0.127. The number of aliphatic hydroxyl groups is 1. The number of hydrogen-bond donors (Lipinski definition) is 2. The number of H-pyrrole nitrogens is 1. The lowest BCUT2D eigenvalue weighted by Crippen LogP contribution is -2.40. The molecule has 0 saturated carbocycles. The molecule has 2 atom stereocenters. The van der Waals surface area contributed by atoms with Gasteiger partial charge in [0.25, 0.3) is 0 Å². The molecule has 0 spiro atoms. The number of nitrogens with zero attached hydrogens (tertiary/aromatic N) is 4. The van der Waals surface area contributed by atoms with Gasteiger partial charge in [0, 0.05) is 23.1 Å². The number of fused-ring (bicyclic) bond motifs is 3. The van der Waals surface area contributed by atoms with Gasteiger partial charge >= 0.3 is 6.09 Å². The Morgan fingerprint density at radius 1 is 1.22 bits per heavy atom. The minimum Gasteiger partial charge on any atom is -0.491 e. The molecule has 2 aromatic heterocycles. The average Bonchev–Trinajstić information content (AvgIpc) is 3.54. The predicted molar refractivity (Wildman–Crippen MR) is 140 cm³/mol. The van der Waals surface area contributed by atoms with Crippen molar-refractivity contribution in [3.8, 4) is 5.75 Å². The number of hydrogen-bond acceptors (Lipinski definition) is 6. The van der Waals surface area contributed by atoms with Crippen molar-refractivity contribution in [2.45, 2.75) is 51.8 Å². The summed E-state index contributed by atoms with van der Waals surface area (Å²) in [4.78, 5) is 22.2. The monoisotopic (exact) mass is 503 g/mol. The van der Waals surface area contributed by atoms with Gasteiger partial charge < -0.3 is 19.6 Å². The number of carbonyl (C=O) groups excluding carboxylic acids is 1. The fourth-order valence-electron chi connectivity index (χ4n) is 4.95. The van der Waals surface area contributed by atoms with E-state index in [1.165, 1.54) is 22.8 Å². The van der Waals surface area contributed by atoms with E-state index in [1.54, 1.807) is 15.9 Å². The average molecular weight is 504 g/mol. The zero-order chi connectivity index (χ0) is 25.9. The first-order chi connectivity index (χ1) is 17.9. The number of aliphatic hydroxyl groups excluding tert-OH is 1. The first-order valence-electron chi connectivity index (χ1n) is 12.8. The first-order valence-corrected chi connectivity index (χ1v) is 12.8. The van der Waals surface area contributed by atoms with Gasteiger partial charge in [-0.3, -0.25) is 9.58 Å². The van der Waals surface area contributed by atoms with Crippen LogP contribution in [0.4, 0.5) is 4.79 Å². The van der Waals surface area contributed by atoms with Crippen molar-refractivity contribution in [1.82, 2.24) is 24.6 Å². The molecule has 1 aliphatic heterocycles. The van der Waals surface area contributed by atoms with E-state index in [-0.39, 0.29) is 18.7 Å². The predicted octanol–water partition coefficient (Wildman–Crippen LogP) is 4.43. The maximum Gasteiger partial charge on any atom is 0.410 e. The van der Waals surface area contributed by atoms with Gasteiger partial charge in [-0.2, -0.15) is 5.10 Å². The molecule has 1 amide bonds. The fraction of sp³-hybridized carbons (Fsp3) is 0.393. The van der Waals surface area contributed by atoms with Crippen LogP contribution in [-0.4, -0.2) is 61.7 Å². The lowest BCUT2D eigenvalue weighted by atomic mass is 9.91. The highest BCUT2D eigenvalue weighted by Crippen LogP contribution is 2.39. The fourth-order valence-corrected chi connectivity index (χ4v) is 4.95. The van der Waals surface area contributed by atoms with E-state index >= 15 is 0 Å². The number of rotatable bonds is 8. The maximum atomic E-state index is 13.0. The van der Waals surface area contributed by atoms with Gasteiger partial charge in [-0.15, -0.1) is 0 Å². The molecular weight excluding hydrogens is 470 g/mol. The summed E-state index contributed by atoms with van der Waals surface area (Å²) in [7, 11) is 0. The SMILES string of the molecule is CCOC(=O)N1CCc2c([nH]c3ccc(C(C)C)cc23)C1c1ccc(OCC(O)Cn2cncn2)cc1. The Labute approximate surface area is 216 Å². The summed E-state index contributed by atoms with van der Waals surface area (Å²) in [6, 6.07) is 13.9. The Bertz CT molecular complexity index is 1350. The van der Waals surface area contributed by atoms with Crippen molar-refractivity contribution in [2.24, 2.45) is 0 Å². The molecule has 0 bridgehead atoms. The summed E-state index contributed by atoms with van der Waals surface area (Å²) in [5, 5.41) is 15.5. The molecule has 5 rings (SSSR count). The Morgan fingerprint density at radius 2 is 2.03 bits per heavy atom. The van der Waals surface area contributed by atoms with Crippen LogP contribution in [0.5, 0.6) is 5.75 Å². The molecule has 9 heteroatoms. The molecule has 0 aliphatic carbocycles. The first kappa shape index (κ1) is 24.8. The molecule has 3 heterocycles. The molecule has 4 aromatic rings. The number of nitrogens with one attached hydrogen (secondary N) is 1. The van der Waals surface area contributed by atoms with Gasteiger partial charge in [0.1, 0.15) is 37.2 Å². The third kappa shape index (κ3) is 5.17. The minimum atomic E-state index is -0.719. The van der Waals surface area contributed by atoms with Crippen LogP contribution < -0.4 is 4.74 Å². The van der Waals surface area contributed by atoms with Crippen LogP contribution in [-0.2, 0) is 17.7 Å². The highest BCUT2D eigenvalue weighted by molar-refractivity contribution is 5.87. The number of ether oxygens (including phenoxy) is 2. The molecule has 0 radical (unpaired) electrons. The van der Waals surface area contributed by atoms with Crippen LogP contribution in [0.15, 0.2) is 55.1 Å². The number of amides is 1. The summed E-state index contributed by atoms with van der Waals surface area (Å²) in [6.07, 6.45) is 2.70. The van der Waals surface area contributed by atoms with Crippen LogP contribution in [0, 0.1) is 0 Å². The Kier molecular flexibility index (Phi) is 7.14. The zero-order valence-corrected chi connectivity index (χ0v) is 21.4. The largest absolute Gasteiger partial charge is 0.491 e. The van der Waals surface area contributed by atoms with Crippen molar-refractivity contribution >= 4 is 17.0 Å². The molecule has 0 fully saturated rings. The standard InChI is InChI=1S/C28H33N5O4/c1-4-36-28(35)33-12-11-23-24-13-20(18(2)3)7-10-25(24)31-26(23)27(33)19-5-8-22(9-6-19)37-15-21(34)14-32-17-29-16-30-32/h5-10,13,16-18,21,27,31,34H,4,11-12,14-15H2,1-3H3. The molecule has 2 aromatic carbocycles. The van der Waals surface area contributed by atoms with Crippen molar-refractivity contribution in [3.05, 3.63) is 77.5 Å². The molecule has 37 heavy (non-hydrogen) atoms. The van der Waals surface area contributed by atoms with E-state index in [9.17, 15) is 9.90 Å². The quantitative estimate of drug-likeness (QED) is 0.369. The van der Waals surface area contributed by atoms with Crippen LogP contribution in [0.1, 0.15) is 55.1 Å². The smallest absolute Gasteiger partial charge is 0.410 e. The van der Waals surface area contributed by atoms with Gasteiger partial charge in [-0.05, 0) is 60.2 Å². The zero-order valence-electron chi connectivity index (χ0n) is 21.4. The molecule has 194 valence electrons. The number of aromatic nitrogens is 4. The van der Waals surface area contributed by atoms with Crippen molar-refractivity contribution in [1.29, 1.82) is 0 Å². The van der Waals surface area contributed by atoms with Gasteiger partial charge in [-0.25, -0.2) is 9.78 Å². The van der Waals surface area contributed by atoms with E-state index in [1.807, 2.05) is 31.2 Å². The highest BCUT2D eigenvalue weighted by atomic mass is 16.6. The number of benzene rings is 2. The van der Waals surface area contributed by atoms with Crippen molar-refractivity contribution in [3.63, 3.8) is 0 Å². The Morgan fingerprint density at radius 3 is 2.73 bits per heavy atom. The van der Waals surface area contributed by atoms with Gasteiger partial charge in [0.05, 0.1) is 13.2 Å². The van der Waals surface area contributed by atoms with E-state index in [0.29, 0.717) is 31.4 Å². The van der Waals surface area contributed by atoms with Crippen LogP contribution >= 0.6 is 0 Å². The summed E-state index contributed by atoms with van der Waals surface area (Å²) in [6.45, 7) is 7.54. The summed E-state index contributed by atoms with van der Waals surface area (Å²) >= 11 is 0. The van der Waals surface area contributed by atoms with Gasteiger partial charge in [0.2, 0.25) is 0 Å². The van der Waals surface area contributed by atoms with Gasteiger partial charge in [-0.1, -0.05) is 32.0 Å².